The van der Waals surface area contributed by atoms with E-state index < -0.39 is 0 Å². The molecule has 1 atom stereocenters. The summed E-state index contributed by atoms with van der Waals surface area (Å²) in [5.74, 6) is 0.133. The van der Waals surface area contributed by atoms with Gasteiger partial charge in [-0.3, -0.25) is 4.79 Å². The Kier molecular flexibility index (Phi) is 4.73. The molecule has 0 aromatic heterocycles. The molecule has 5 heteroatoms. The second-order valence-electron chi connectivity index (χ2n) is 4.77. The summed E-state index contributed by atoms with van der Waals surface area (Å²) < 4.78 is 0. The lowest BCUT2D eigenvalue weighted by atomic mass is 10.2. The van der Waals surface area contributed by atoms with E-state index in [-0.39, 0.29) is 11.3 Å². The zero-order valence-electron chi connectivity index (χ0n) is 12.1. The Morgan fingerprint density at radius 1 is 1.40 bits per heavy atom. The summed E-state index contributed by atoms with van der Waals surface area (Å²) in [6.07, 6.45) is 0. The largest absolute Gasteiger partial charge is 0.356 e. The molecule has 1 heterocycles. The fourth-order valence-electron chi connectivity index (χ4n) is 2.29. The van der Waals surface area contributed by atoms with E-state index in [0.29, 0.717) is 6.54 Å². The van der Waals surface area contributed by atoms with Crippen LogP contribution in [0, 0.1) is 0 Å². The van der Waals surface area contributed by atoms with Gasteiger partial charge in [-0.2, -0.15) is 0 Å². The van der Waals surface area contributed by atoms with Gasteiger partial charge < -0.3 is 16.0 Å². The summed E-state index contributed by atoms with van der Waals surface area (Å²) in [4.78, 5) is 14.7. The molecule has 4 nitrogen and oxygen atoms in total. The minimum Gasteiger partial charge on any atom is -0.356 e. The number of ketones is 1. The predicted octanol–water partition coefficient (Wildman–Crippen LogP) is 2.73. The molecule has 0 saturated heterocycles. The quantitative estimate of drug-likeness (QED) is 0.873. The molecule has 0 radical (unpaired) electrons. The van der Waals surface area contributed by atoms with Gasteiger partial charge in [-0.15, -0.1) is 0 Å². The van der Waals surface area contributed by atoms with Crippen LogP contribution in [0.2, 0.25) is 0 Å². The smallest absolute Gasteiger partial charge is 0.168 e. The average Bonchev–Trinajstić information content (AvgIpc) is 2.76. The fraction of sp³-hybridized carbons (Fsp3) is 0.400. The van der Waals surface area contributed by atoms with Crippen LogP contribution in [-0.4, -0.2) is 22.7 Å². The number of anilines is 1. The van der Waals surface area contributed by atoms with Crippen molar-refractivity contribution < 1.29 is 4.79 Å². The number of carbonyl (C=O) groups is 1. The average molecular weight is 291 g/mol. The number of allylic oxidation sites excluding steroid dienone is 2. The SMILES string of the molecule is CCN1C(C)=C(C(C)=O)SC1Nc1ccc(CN)cc1. The van der Waals surface area contributed by atoms with E-state index in [9.17, 15) is 4.79 Å². The first-order valence-electron chi connectivity index (χ1n) is 6.77. The standard InChI is InChI=1S/C15H21N3OS/c1-4-18-10(2)14(11(3)19)20-15(18)17-13-7-5-12(9-16)6-8-13/h5-8,15,17H,4,9,16H2,1-3H3. The van der Waals surface area contributed by atoms with Crippen LogP contribution >= 0.6 is 11.8 Å². The van der Waals surface area contributed by atoms with Gasteiger partial charge in [-0.25, -0.2) is 0 Å². The van der Waals surface area contributed by atoms with Crippen molar-refractivity contribution in [1.82, 2.24) is 4.90 Å². The first kappa shape index (κ1) is 14.9. The third kappa shape index (κ3) is 2.99. The minimum absolute atomic E-state index is 0.0719. The van der Waals surface area contributed by atoms with Gasteiger partial charge in [-0.05, 0) is 38.5 Å². The molecular formula is C15H21N3OS. The maximum atomic E-state index is 11.7. The molecule has 0 spiro atoms. The molecular weight excluding hydrogens is 270 g/mol. The number of rotatable bonds is 5. The van der Waals surface area contributed by atoms with E-state index >= 15 is 0 Å². The molecule has 0 bridgehead atoms. The number of Topliss-reactive ketones (excluding diaryl/α,β-unsaturated/α-hetero) is 1. The third-order valence-electron chi connectivity index (χ3n) is 3.41. The van der Waals surface area contributed by atoms with Crippen LogP contribution in [0.3, 0.4) is 0 Å². The van der Waals surface area contributed by atoms with Crippen LogP contribution in [0.5, 0.6) is 0 Å². The fourth-order valence-corrected chi connectivity index (χ4v) is 3.60. The number of benzene rings is 1. The van der Waals surface area contributed by atoms with Crippen LogP contribution in [-0.2, 0) is 11.3 Å². The number of nitrogens with one attached hydrogen (secondary N) is 1. The number of hydrogen-bond donors (Lipinski definition) is 2. The van der Waals surface area contributed by atoms with Gasteiger partial charge in [0.05, 0.1) is 4.91 Å². The summed E-state index contributed by atoms with van der Waals surface area (Å²) in [6.45, 7) is 7.15. The van der Waals surface area contributed by atoms with Gasteiger partial charge in [0.25, 0.3) is 0 Å². The minimum atomic E-state index is 0.0719. The van der Waals surface area contributed by atoms with Crippen molar-refractivity contribution in [3.63, 3.8) is 0 Å². The Labute approximate surface area is 124 Å². The summed E-state index contributed by atoms with van der Waals surface area (Å²) in [5.41, 5.74) is 8.88. The molecule has 1 aliphatic rings. The van der Waals surface area contributed by atoms with Gasteiger partial charge in [0.2, 0.25) is 0 Å². The highest BCUT2D eigenvalue weighted by Gasteiger charge is 2.30. The molecule has 0 fully saturated rings. The number of thioether (sulfide) groups is 1. The topological polar surface area (TPSA) is 58.4 Å². The van der Waals surface area contributed by atoms with E-state index in [2.05, 4.69) is 17.1 Å². The van der Waals surface area contributed by atoms with Crippen molar-refractivity contribution in [3.8, 4) is 0 Å². The Hall–Kier alpha value is -1.46. The van der Waals surface area contributed by atoms with Crippen molar-refractivity contribution in [1.29, 1.82) is 0 Å². The van der Waals surface area contributed by atoms with E-state index in [1.165, 1.54) is 0 Å². The lowest BCUT2D eigenvalue weighted by Gasteiger charge is -2.27. The number of hydrogen-bond acceptors (Lipinski definition) is 5. The predicted molar refractivity (Wildman–Crippen MR) is 85.1 cm³/mol. The van der Waals surface area contributed by atoms with Gasteiger partial charge >= 0.3 is 0 Å². The Balaban J connectivity index is 2.12. The van der Waals surface area contributed by atoms with Crippen molar-refractivity contribution in [3.05, 3.63) is 40.4 Å². The van der Waals surface area contributed by atoms with E-state index in [0.717, 1.165) is 28.4 Å². The Morgan fingerprint density at radius 3 is 2.55 bits per heavy atom. The van der Waals surface area contributed by atoms with Crippen LogP contribution < -0.4 is 11.1 Å². The Bertz CT molecular complexity index is 524. The molecule has 20 heavy (non-hydrogen) atoms. The molecule has 1 aromatic rings. The molecule has 2 rings (SSSR count). The van der Waals surface area contributed by atoms with Gasteiger partial charge in [0.15, 0.2) is 11.3 Å². The lowest BCUT2D eigenvalue weighted by Crippen LogP contribution is -2.33. The summed E-state index contributed by atoms with van der Waals surface area (Å²) in [7, 11) is 0. The second kappa shape index (κ2) is 6.33. The normalized spacial score (nSPS) is 18.6. The zero-order chi connectivity index (χ0) is 14.7. The zero-order valence-corrected chi connectivity index (χ0v) is 13.0. The molecule has 1 unspecified atom stereocenters. The highest BCUT2D eigenvalue weighted by molar-refractivity contribution is 8.04. The number of carbonyl (C=O) groups excluding carboxylic acids is 1. The second-order valence-corrected chi connectivity index (χ2v) is 5.86. The molecule has 0 saturated carbocycles. The van der Waals surface area contributed by atoms with E-state index in [1.807, 2.05) is 31.2 Å². The van der Waals surface area contributed by atoms with Crippen molar-refractivity contribution in [2.45, 2.75) is 32.8 Å². The molecule has 0 aliphatic carbocycles. The highest BCUT2D eigenvalue weighted by Crippen LogP contribution is 2.38. The van der Waals surface area contributed by atoms with Crippen LogP contribution in [0.4, 0.5) is 5.69 Å². The number of nitrogens with two attached hydrogens (primary N) is 1. The summed E-state index contributed by atoms with van der Waals surface area (Å²) in [5, 5.41) is 3.46. The van der Waals surface area contributed by atoms with Crippen LogP contribution in [0.1, 0.15) is 26.3 Å². The maximum Gasteiger partial charge on any atom is 0.168 e. The number of nitrogens with zero attached hydrogens (tertiary/aromatic N) is 1. The van der Waals surface area contributed by atoms with Crippen LogP contribution in [0.25, 0.3) is 0 Å². The first-order chi connectivity index (χ1) is 9.56. The molecule has 108 valence electrons. The third-order valence-corrected chi connectivity index (χ3v) is 4.83. The Morgan fingerprint density at radius 2 is 2.05 bits per heavy atom. The van der Waals surface area contributed by atoms with E-state index in [1.54, 1.807) is 18.7 Å². The monoisotopic (exact) mass is 291 g/mol. The maximum absolute atomic E-state index is 11.7. The summed E-state index contributed by atoms with van der Waals surface area (Å²) in [6, 6.07) is 8.09. The van der Waals surface area contributed by atoms with Gasteiger partial charge in [0, 0.05) is 24.5 Å². The van der Waals surface area contributed by atoms with Gasteiger partial charge in [-0.1, -0.05) is 23.9 Å². The highest BCUT2D eigenvalue weighted by atomic mass is 32.2. The summed E-state index contributed by atoms with van der Waals surface area (Å²) >= 11 is 1.58. The van der Waals surface area contributed by atoms with Crippen molar-refractivity contribution in [2.75, 3.05) is 11.9 Å². The molecule has 1 aliphatic heterocycles. The molecule has 0 amide bonds. The van der Waals surface area contributed by atoms with E-state index in [4.69, 9.17) is 5.73 Å². The lowest BCUT2D eigenvalue weighted by molar-refractivity contribution is -0.113. The first-order valence-corrected chi connectivity index (χ1v) is 7.65. The van der Waals surface area contributed by atoms with Gasteiger partial charge in [0.1, 0.15) is 0 Å². The van der Waals surface area contributed by atoms with Crippen molar-refractivity contribution >= 4 is 23.2 Å². The van der Waals surface area contributed by atoms with Crippen molar-refractivity contribution in [2.24, 2.45) is 5.73 Å². The molecule has 1 aromatic carbocycles. The van der Waals surface area contributed by atoms with Crippen LogP contribution in [0.15, 0.2) is 34.9 Å². The molecule has 3 N–H and O–H groups in total.